The standard InChI is InChI=1S/C21H27N3O.HI/c1-2-22-21(23-13-10-20-9-6-16-25-20)24-14-11-19(12-15-24)17-18-7-4-3-5-8-18;/h3-9,16-17H,2,10-15H2,1H3,(H,22,23);1H. The summed E-state index contributed by atoms with van der Waals surface area (Å²) in [5, 5.41) is 3.42. The van der Waals surface area contributed by atoms with E-state index in [0.717, 1.165) is 57.2 Å². The summed E-state index contributed by atoms with van der Waals surface area (Å²) in [6.07, 6.45) is 7.08. The Kier molecular flexibility index (Phi) is 8.74. The minimum absolute atomic E-state index is 0. The van der Waals surface area contributed by atoms with Gasteiger partial charge in [0.05, 0.1) is 6.26 Å². The highest BCUT2D eigenvalue weighted by Crippen LogP contribution is 2.19. The highest BCUT2D eigenvalue weighted by Gasteiger charge is 2.17. The summed E-state index contributed by atoms with van der Waals surface area (Å²) in [7, 11) is 0. The van der Waals surface area contributed by atoms with Crippen LogP contribution < -0.4 is 5.32 Å². The van der Waals surface area contributed by atoms with E-state index in [0.29, 0.717) is 0 Å². The number of furan rings is 1. The molecule has 1 aliphatic rings. The summed E-state index contributed by atoms with van der Waals surface area (Å²) >= 11 is 0. The highest BCUT2D eigenvalue weighted by atomic mass is 127. The number of likely N-dealkylation sites (tertiary alicyclic amines) is 1. The Hall–Kier alpha value is -1.76. The number of nitrogens with one attached hydrogen (secondary N) is 1. The molecule has 1 aromatic heterocycles. The third kappa shape index (κ3) is 6.20. The summed E-state index contributed by atoms with van der Waals surface area (Å²) in [6.45, 7) is 5.80. The molecule has 1 fully saturated rings. The lowest BCUT2D eigenvalue weighted by atomic mass is 10.0. The van der Waals surface area contributed by atoms with Gasteiger partial charge in [-0.2, -0.15) is 0 Å². The van der Waals surface area contributed by atoms with Crippen molar-refractivity contribution >= 4 is 36.0 Å². The van der Waals surface area contributed by atoms with Crippen LogP contribution in [0.25, 0.3) is 6.08 Å². The van der Waals surface area contributed by atoms with Gasteiger partial charge in [-0.05, 0) is 37.5 Å². The second-order valence-electron chi connectivity index (χ2n) is 6.27. The van der Waals surface area contributed by atoms with Gasteiger partial charge in [0.1, 0.15) is 5.76 Å². The zero-order chi connectivity index (χ0) is 17.3. The van der Waals surface area contributed by atoms with Crippen molar-refractivity contribution in [3.8, 4) is 0 Å². The van der Waals surface area contributed by atoms with Crippen molar-refractivity contribution in [3.63, 3.8) is 0 Å². The van der Waals surface area contributed by atoms with E-state index in [-0.39, 0.29) is 24.0 Å². The highest BCUT2D eigenvalue weighted by molar-refractivity contribution is 14.0. The molecule has 0 spiro atoms. The summed E-state index contributed by atoms with van der Waals surface area (Å²) < 4.78 is 5.38. The fourth-order valence-electron chi connectivity index (χ4n) is 3.09. The number of hydrogen-bond donors (Lipinski definition) is 1. The van der Waals surface area contributed by atoms with Crippen molar-refractivity contribution in [1.82, 2.24) is 10.2 Å². The van der Waals surface area contributed by atoms with E-state index >= 15 is 0 Å². The van der Waals surface area contributed by atoms with Gasteiger partial charge < -0.3 is 14.6 Å². The van der Waals surface area contributed by atoms with Crippen LogP contribution in [0.15, 0.2) is 63.7 Å². The number of piperidine rings is 1. The van der Waals surface area contributed by atoms with Gasteiger partial charge in [-0.1, -0.05) is 42.0 Å². The van der Waals surface area contributed by atoms with Crippen LogP contribution in [0.2, 0.25) is 0 Å². The number of hydrogen-bond acceptors (Lipinski definition) is 2. The predicted octanol–water partition coefficient (Wildman–Crippen LogP) is 4.59. The Morgan fingerprint density at radius 3 is 2.58 bits per heavy atom. The number of rotatable bonds is 5. The zero-order valence-electron chi connectivity index (χ0n) is 15.4. The van der Waals surface area contributed by atoms with E-state index < -0.39 is 0 Å². The molecule has 1 aliphatic heterocycles. The molecule has 140 valence electrons. The molecule has 3 rings (SSSR count). The van der Waals surface area contributed by atoms with Crippen molar-refractivity contribution in [2.45, 2.75) is 26.2 Å². The Labute approximate surface area is 173 Å². The van der Waals surface area contributed by atoms with Gasteiger partial charge in [0.2, 0.25) is 0 Å². The van der Waals surface area contributed by atoms with Crippen LogP contribution >= 0.6 is 24.0 Å². The third-order valence-corrected chi connectivity index (χ3v) is 4.41. The summed E-state index contributed by atoms with van der Waals surface area (Å²) in [4.78, 5) is 7.14. The van der Waals surface area contributed by atoms with Gasteiger partial charge >= 0.3 is 0 Å². The van der Waals surface area contributed by atoms with Gasteiger partial charge in [-0.25, -0.2) is 0 Å². The second-order valence-corrected chi connectivity index (χ2v) is 6.27. The maximum Gasteiger partial charge on any atom is 0.193 e. The first-order valence-electron chi connectivity index (χ1n) is 9.15. The number of benzene rings is 1. The van der Waals surface area contributed by atoms with Crippen LogP contribution in [0.3, 0.4) is 0 Å². The minimum Gasteiger partial charge on any atom is -0.469 e. The van der Waals surface area contributed by atoms with Gasteiger partial charge in [0, 0.05) is 32.6 Å². The molecule has 0 aliphatic carbocycles. The van der Waals surface area contributed by atoms with Gasteiger partial charge in [-0.3, -0.25) is 4.99 Å². The van der Waals surface area contributed by atoms with Gasteiger partial charge in [-0.15, -0.1) is 24.0 Å². The fourth-order valence-corrected chi connectivity index (χ4v) is 3.09. The first kappa shape index (κ1) is 20.6. The molecule has 4 nitrogen and oxygen atoms in total. The van der Waals surface area contributed by atoms with Crippen LogP contribution in [0.1, 0.15) is 31.1 Å². The smallest absolute Gasteiger partial charge is 0.193 e. The number of halogens is 1. The Bertz CT molecular complexity index is 685. The molecule has 0 amide bonds. The molecule has 1 N–H and O–H groups in total. The van der Waals surface area contributed by atoms with E-state index in [1.807, 2.05) is 12.1 Å². The molecule has 0 bridgehead atoms. The zero-order valence-corrected chi connectivity index (χ0v) is 17.7. The van der Waals surface area contributed by atoms with Crippen LogP contribution in [-0.2, 0) is 6.42 Å². The lowest BCUT2D eigenvalue weighted by Gasteiger charge is -2.31. The Morgan fingerprint density at radius 1 is 1.15 bits per heavy atom. The van der Waals surface area contributed by atoms with E-state index in [1.165, 1.54) is 11.1 Å². The Balaban J connectivity index is 0.00000243. The maximum atomic E-state index is 5.38. The average Bonchev–Trinajstić information content (AvgIpc) is 3.16. The molecule has 1 saturated heterocycles. The first-order chi connectivity index (χ1) is 12.3. The third-order valence-electron chi connectivity index (χ3n) is 4.41. The predicted molar refractivity (Wildman–Crippen MR) is 119 cm³/mol. The van der Waals surface area contributed by atoms with Crippen LogP contribution in [0.5, 0.6) is 0 Å². The molecule has 0 atom stereocenters. The van der Waals surface area contributed by atoms with E-state index in [1.54, 1.807) is 6.26 Å². The number of aliphatic imine (C=N–C) groups is 1. The molecule has 0 saturated carbocycles. The minimum atomic E-state index is 0. The van der Waals surface area contributed by atoms with Crippen LogP contribution in [-0.4, -0.2) is 37.0 Å². The molecule has 0 radical (unpaired) electrons. The molecule has 5 heteroatoms. The molecular weight excluding hydrogens is 437 g/mol. The van der Waals surface area contributed by atoms with Gasteiger partial charge in [0.25, 0.3) is 0 Å². The fraction of sp³-hybridized carbons (Fsp3) is 0.381. The largest absolute Gasteiger partial charge is 0.469 e. The van der Waals surface area contributed by atoms with Gasteiger partial charge in [0.15, 0.2) is 5.96 Å². The molecular formula is C21H28IN3O. The first-order valence-corrected chi connectivity index (χ1v) is 9.15. The summed E-state index contributed by atoms with van der Waals surface area (Å²) in [5.74, 6) is 2.01. The van der Waals surface area contributed by atoms with Crippen molar-refractivity contribution in [2.75, 3.05) is 26.2 Å². The quantitative estimate of drug-likeness (QED) is 0.399. The molecule has 2 heterocycles. The summed E-state index contributed by atoms with van der Waals surface area (Å²) in [5.41, 5.74) is 2.82. The maximum absolute atomic E-state index is 5.38. The number of nitrogens with zero attached hydrogens (tertiary/aromatic N) is 2. The van der Waals surface area contributed by atoms with Crippen molar-refractivity contribution in [2.24, 2.45) is 4.99 Å². The lowest BCUT2D eigenvalue weighted by Crippen LogP contribution is -2.44. The van der Waals surface area contributed by atoms with E-state index in [2.05, 4.69) is 53.5 Å². The Morgan fingerprint density at radius 2 is 1.92 bits per heavy atom. The van der Waals surface area contributed by atoms with Crippen molar-refractivity contribution in [1.29, 1.82) is 0 Å². The van der Waals surface area contributed by atoms with Crippen molar-refractivity contribution in [3.05, 3.63) is 65.6 Å². The van der Waals surface area contributed by atoms with Crippen LogP contribution in [0.4, 0.5) is 0 Å². The molecule has 26 heavy (non-hydrogen) atoms. The monoisotopic (exact) mass is 465 g/mol. The second kappa shape index (κ2) is 11.1. The van der Waals surface area contributed by atoms with E-state index in [4.69, 9.17) is 9.41 Å². The SMILES string of the molecule is CCNC(=NCCc1ccco1)N1CCC(=Cc2ccccc2)CC1.I. The topological polar surface area (TPSA) is 40.8 Å². The lowest BCUT2D eigenvalue weighted by molar-refractivity contribution is 0.375. The molecule has 0 unspecified atom stereocenters. The molecule has 1 aromatic carbocycles. The van der Waals surface area contributed by atoms with Crippen LogP contribution in [0, 0.1) is 0 Å². The average molecular weight is 465 g/mol. The summed E-state index contributed by atoms with van der Waals surface area (Å²) in [6, 6.07) is 14.5. The normalized spacial score (nSPS) is 14.7. The number of guanidine groups is 1. The van der Waals surface area contributed by atoms with E-state index in [9.17, 15) is 0 Å². The molecule has 2 aromatic rings. The van der Waals surface area contributed by atoms with Crippen molar-refractivity contribution < 1.29 is 4.42 Å².